The zero-order chi connectivity index (χ0) is 21.6. The van der Waals surface area contributed by atoms with E-state index in [1.165, 1.54) is 24.8 Å². The first-order valence-corrected chi connectivity index (χ1v) is 12.5. The lowest BCUT2D eigenvalue weighted by Gasteiger charge is -2.39. The second-order valence-corrected chi connectivity index (χ2v) is 10.2. The molecule has 166 valence electrons. The van der Waals surface area contributed by atoms with Crippen LogP contribution in [-0.4, -0.2) is 52.5 Å². The minimum Gasteiger partial charge on any atom is -0.352 e. The number of benzene rings is 1. The number of carbonyl (C=O) groups excluding carboxylic acids is 2. The number of piperidine rings is 1. The maximum absolute atomic E-state index is 12.9. The molecule has 0 radical (unpaired) electrons. The van der Waals surface area contributed by atoms with Gasteiger partial charge in [0.2, 0.25) is 5.91 Å². The van der Waals surface area contributed by atoms with Gasteiger partial charge in [-0.05, 0) is 56.7 Å². The third-order valence-electron chi connectivity index (χ3n) is 6.41. The van der Waals surface area contributed by atoms with Gasteiger partial charge in [0.25, 0.3) is 5.91 Å². The van der Waals surface area contributed by atoms with E-state index in [-0.39, 0.29) is 28.8 Å². The second-order valence-electron chi connectivity index (χ2n) is 8.77. The number of hydrogen-bond acceptors (Lipinski definition) is 4. The van der Waals surface area contributed by atoms with Crippen LogP contribution in [-0.2, 0) is 11.2 Å². The highest BCUT2D eigenvalue weighted by Crippen LogP contribution is 2.39. The van der Waals surface area contributed by atoms with E-state index in [4.69, 9.17) is 0 Å². The van der Waals surface area contributed by atoms with Crippen LogP contribution in [0.3, 0.4) is 0 Å². The molecule has 2 heterocycles. The second kappa shape index (κ2) is 10.7. The molecule has 6 heteroatoms. The predicted octanol–water partition coefficient (Wildman–Crippen LogP) is 3.97. The van der Waals surface area contributed by atoms with Crippen LogP contribution in [0.5, 0.6) is 0 Å². The van der Waals surface area contributed by atoms with Crippen LogP contribution in [0.15, 0.2) is 24.3 Å². The summed E-state index contributed by atoms with van der Waals surface area (Å²) < 4.78 is 0. The van der Waals surface area contributed by atoms with Crippen LogP contribution in [0.1, 0.15) is 75.2 Å². The standard InChI is InChI=1S/C24H37N3O2S/c1-4-6-7-8-19-9-11-20(12-10-19)23(29)27-15-13-24(14-16-27)26-21(17-30-24)22(28)25-18(3)5-2/h9-12,18,21,26H,4-8,13-17H2,1-3H3,(H,25,28)/t18-,21-/m1/s1. The fourth-order valence-corrected chi connectivity index (χ4v) is 5.58. The number of hydrogen-bond donors (Lipinski definition) is 2. The Kier molecular flexibility index (Phi) is 8.23. The maximum atomic E-state index is 12.9. The van der Waals surface area contributed by atoms with Crippen molar-refractivity contribution in [2.75, 3.05) is 18.8 Å². The van der Waals surface area contributed by atoms with Crippen LogP contribution in [0.2, 0.25) is 0 Å². The van der Waals surface area contributed by atoms with E-state index in [2.05, 4.69) is 36.6 Å². The Morgan fingerprint density at radius 1 is 1.20 bits per heavy atom. The Morgan fingerprint density at radius 2 is 1.90 bits per heavy atom. The molecule has 2 aliphatic heterocycles. The number of rotatable bonds is 8. The molecule has 30 heavy (non-hydrogen) atoms. The Balaban J connectivity index is 1.49. The average molecular weight is 432 g/mol. The summed E-state index contributed by atoms with van der Waals surface area (Å²) in [4.78, 5) is 27.3. The molecule has 1 spiro atoms. The zero-order valence-corrected chi connectivity index (χ0v) is 19.5. The van der Waals surface area contributed by atoms with E-state index >= 15 is 0 Å². The van der Waals surface area contributed by atoms with Crippen molar-refractivity contribution < 1.29 is 9.59 Å². The fourth-order valence-electron chi connectivity index (χ4n) is 4.17. The third kappa shape index (κ3) is 5.79. The van der Waals surface area contributed by atoms with E-state index in [1.807, 2.05) is 35.7 Å². The minimum atomic E-state index is -0.133. The van der Waals surface area contributed by atoms with Crippen molar-refractivity contribution in [3.63, 3.8) is 0 Å². The van der Waals surface area contributed by atoms with Gasteiger partial charge >= 0.3 is 0 Å². The van der Waals surface area contributed by atoms with E-state index < -0.39 is 0 Å². The number of unbranched alkanes of at least 4 members (excludes halogenated alkanes) is 2. The number of amides is 2. The molecule has 3 rings (SSSR count). The van der Waals surface area contributed by atoms with Crippen molar-refractivity contribution >= 4 is 23.6 Å². The Labute approximate surface area is 185 Å². The number of aryl methyl sites for hydroxylation is 1. The zero-order valence-electron chi connectivity index (χ0n) is 18.7. The lowest BCUT2D eigenvalue weighted by molar-refractivity contribution is -0.123. The summed E-state index contributed by atoms with van der Waals surface area (Å²) >= 11 is 1.85. The van der Waals surface area contributed by atoms with Gasteiger partial charge in [-0.1, -0.05) is 38.8 Å². The van der Waals surface area contributed by atoms with Crippen molar-refractivity contribution in [2.24, 2.45) is 0 Å². The molecule has 0 saturated carbocycles. The highest BCUT2D eigenvalue weighted by molar-refractivity contribution is 8.01. The average Bonchev–Trinajstić information content (AvgIpc) is 3.18. The number of carbonyl (C=O) groups is 2. The van der Waals surface area contributed by atoms with E-state index in [9.17, 15) is 9.59 Å². The summed E-state index contributed by atoms with van der Waals surface area (Å²) in [6.45, 7) is 7.80. The summed E-state index contributed by atoms with van der Waals surface area (Å²) in [6.07, 6.45) is 7.47. The number of thioether (sulfide) groups is 1. The van der Waals surface area contributed by atoms with Crippen molar-refractivity contribution in [3.8, 4) is 0 Å². The molecular formula is C24H37N3O2S. The van der Waals surface area contributed by atoms with Gasteiger partial charge in [-0.25, -0.2) is 0 Å². The summed E-state index contributed by atoms with van der Waals surface area (Å²) in [5.74, 6) is 1.03. The summed E-state index contributed by atoms with van der Waals surface area (Å²) in [7, 11) is 0. The third-order valence-corrected chi connectivity index (χ3v) is 7.99. The molecule has 2 N–H and O–H groups in total. The number of likely N-dealkylation sites (tertiary alicyclic amines) is 1. The predicted molar refractivity (Wildman–Crippen MR) is 125 cm³/mol. The molecule has 0 aromatic heterocycles. The smallest absolute Gasteiger partial charge is 0.253 e. The van der Waals surface area contributed by atoms with Gasteiger partial charge in [-0.15, -0.1) is 11.8 Å². The summed E-state index contributed by atoms with van der Waals surface area (Å²) in [5.41, 5.74) is 2.09. The number of nitrogens with one attached hydrogen (secondary N) is 2. The van der Waals surface area contributed by atoms with Crippen LogP contribution in [0.4, 0.5) is 0 Å². The largest absolute Gasteiger partial charge is 0.352 e. The fraction of sp³-hybridized carbons (Fsp3) is 0.667. The van der Waals surface area contributed by atoms with Crippen molar-refractivity contribution in [1.29, 1.82) is 0 Å². The van der Waals surface area contributed by atoms with Crippen LogP contribution in [0.25, 0.3) is 0 Å². The molecule has 2 saturated heterocycles. The first-order chi connectivity index (χ1) is 14.5. The monoisotopic (exact) mass is 431 g/mol. The topological polar surface area (TPSA) is 61.4 Å². The van der Waals surface area contributed by atoms with Gasteiger partial charge in [0.15, 0.2) is 0 Å². The lowest BCUT2D eigenvalue weighted by Crippen LogP contribution is -2.55. The molecular weight excluding hydrogens is 394 g/mol. The Morgan fingerprint density at radius 3 is 2.53 bits per heavy atom. The van der Waals surface area contributed by atoms with E-state index in [0.717, 1.165) is 50.1 Å². The SMILES string of the molecule is CCCCCc1ccc(C(=O)N2CCC3(CC2)N[C@@H](C(=O)N[C@H](C)CC)CS3)cc1. The molecule has 2 amide bonds. The van der Waals surface area contributed by atoms with Gasteiger partial charge in [0, 0.05) is 30.4 Å². The maximum Gasteiger partial charge on any atom is 0.253 e. The van der Waals surface area contributed by atoms with Crippen molar-refractivity contribution in [3.05, 3.63) is 35.4 Å². The van der Waals surface area contributed by atoms with Gasteiger partial charge in [-0.2, -0.15) is 0 Å². The molecule has 1 aromatic carbocycles. The molecule has 0 unspecified atom stereocenters. The summed E-state index contributed by atoms with van der Waals surface area (Å²) in [6, 6.07) is 8.23. The van der Waals surface area contributed by atoms with Crippen molar-refractivity contribution in [2.45, 2.75) is 82.7 Å². The van der Waals surface area contributed by atoms with Crippen molar-refractivity contribution in [1.82, 2.24) is 15.5 Å². The lowest BCUT2D eigenvalue weighted by atomic mass is 10.0. The molecule has 0 aliphatic carbocycles. The highest BCUT2D eigenvalue weighted by atomic mass is 32.2. The molecule has 2 aliphatic rings. The van der Waals surface area contributed by atoms with E-state index in [0.29, 0.717) is 0 Å². The van der Waals surface area contributed by atoms with Gasteiger partial charge in [0.05, 0.1) is 10.9 Å². The molecule has 2 atom stereocenters. The van der Waals surface area contributed by atoms with Crippen LogP contribution < -0.4 is 10.6 Å². The summed E-state index contributed by atoms with van der Waals surface area (Å²) in [5, 5.41) is 6.66. The van der Waals surface area contributed by atoms with Gasteiger partial charge in [-0.3, -0.25) is 14.9 Å². The van der Waals surface area contributed by atoms with Crippen LogP contribution >= 0.6 is 11.8 Å². The molecule has 2 fully saturated rings. The Hall–Kier alpha value is -1.53. The molecule has 5 nitrogen and oxygen atoms in total. The number of nitrogens with zero attached hydrogens (tertiary/aromatic N) is 1. The minimum absolute atomic E-state index is 0.0720. The molecule has 0 bridgehead atoms. The van der Waals surface area contributed by atoms with Gasteiger partial charge < -0.3 is 10.2 Å². The quantitative estimate of drug-likeness (QED) is 0.612. The van der Waals surface area contributed by atoms with E-state index in [1.54, 1.807) is 0 Å². The first-order valence-electron chi connectivity index (χ1n) is 11.6. The van der Waals surface area contributed by atoms with Crippen LogP contribution in [0, 0.1) is 0 Å². The van der Waals surface area contributed by atoms with Gasteiger partial charge in [0.1, 0.15) is 0 Å². The molecule has 1 aromatic rings. The first kappa shape index (κ1) is 23.1. The highest BCUT2D eigenvalue weighted by Gasteiger charge is 2.44. The Bertz CT molecular complexity index is 714. The normalized spacial score (nSPS) is 21.6.